The summed E-state index contributed by atoms with van der Waals surface area (Å²) in [5.74, 6) is 0. The molecule has 0 N–H and O–H groups in total. The van der Waals surface area contributed by atoms with Crippen LogP contribution in [-0.4, -0.2) is 75.6 Å². The fourth-order valence-corrected chi connectivity index (χ4v) is 4.47. The monoisotopic (exact) mass is 381 g/mol. The van der Waals surface area contributed by atoms with Crippen molar-refractivity contribution in [3.63, 3.8) is 0 Å². The average molecular weight is 382 g/mol. The Bertz CT molecular complexity index is 454. The zero-order valence-electron chi connectivity index (χ0n) is 18.3. The van der Waals surface area contributed by atoms with Gasteiger partial charge >= 0.3 is 0 Å². The second-order valence-corrected chi connectivity index (χ2v) is 9.72. The van der Waals surface area contributed by atoms with E-state index in [2.05, 4.69) is 62.8 Å². The Morgan fingerprint density at radius 2 is 1.23 bits per heavy atom. The molecule has 152 valence electrons. The minimum Gasteiger partial charge on any atom is -0.309 e. The summed E-state index contributed by atoms with van der Waals surface area (Å²) in [6.45, 7) is 10.7. The Morgan fingerprint density at radius 1 is 0.692 bits per heavy atom. The molecule has 26 heavy (non-hydrogen) atoms. The van der Waals surface area contributed by atoms with Crippen LogP contribution in [0.3, 0.4) is 0 Å². The highest BCUT2D eigenvalue weighted by molar-refractivity contribution is 7.12. The maximum Gasteiger partial charge on any atom is 0.00490 e. The lowest BCUT2D eigenvalue weighted by Gasteiger charge is -2.24. The van der Waals surface area contributed by atoms with Gasteiger partial charge in [-0.15, -0.1) is 11.3 Å². The zero-order valence-corrected chi connectivity index (χ0v) is 19.1. The molecular weight excluding hydrogens is 338 g/mol. The van der Waals surface area contributed by atoms with Gasteiger partial charge in [-0.05, 0) is 118 Å². The van der Waals surface area contributed by atoms with Crippen molar-refractivity contribution < 1.29 is 0 Å². The number of rotatable bonds is 15. The lowest BCUT2D eigenvalue weighted by molar-refractivity contribution is 0.236. The summed E-state index contributed by atoms with van der Waals surface area (Å²) in [4.78, 5) is 10.3. The predicted molar refractivity (Wildman–Crippen MR) is 119 cm³/mol. The quantitative estimate of drug-likeness (QED) is 0.409. The molecule has 1 heterocycles. The van der Waals surface area contributed by atoms with Crippen molar-refractivity contribution in [1.29, 1.82) is 0 Å². The minimum atomic E-state index is 1.20. The largest absolute Gasteiger partial charge is 0.309 e. The molecule has 1 aromatic rings. The van der Waals surface area contributed by atoms with Gasteiger partial charge in [0.15, 0.2) is 0 Å². The molecule has 0 saturated carbocycles. The van der Waals surface area contributed by atoms with Gasteiger partial charge < -0.3 is 14.7 Å². The van der Waals surface area contributed by atoms with Gasteiger partial charge in [0.25, 0.3) is 0 Å². The molecular formula is C22H43N3S. The molecule has 3 nitrogen and oxygen atoms in total. The SMILES string of the molecule is Cc1cc(CCCCCCN(CCCN(C)C)CCCN(C)C)c(C)s1. The van der Waals surface area contributed by atoms with Gasteiger partial charge in [0.2, 0.25) is 0 Å². The van der Waals surface area contributed by atoms with E-state index >= 15 is 0 Å². The van der Waals surface area contributed by atoms with E-state index in [1.54, 1.807) is 5.56 Å². The zero-order chi connectivity index (χ0) is 19.4. The molecule has 0 bridgehead atoms. The first-order valence-corrected chi connectivity index (χ1v) is 11.3. The molecule has 4 heteroatoms. The Balaban J connectivity index is 2.18. The molecule has 0 aromatic carbocycles. The Hall–Kier alpha value is -0.420. The van der Waals surface area contributed by atoms with E-state index in [-0.39, 0.29) is 0 Å². The summed E-state index contributed by atoms with van der Waals surface area (Å²) in [5.41, 5.74) is 1.58. The molecule has 0 atom stereocenters. The second-order valence-electron chi connectivity index (χ2n) is 8.26. The maximum atomic E-state index is 2.69. The highest BCUT2D eigenvalue weighted by Gasteiger charge is 2.06. The number of unbranched alkanes of at least 4 members (excludes halogenated alkanes) is 3. The molecule has 0 saturated heterocycles. The first kappa shape index (κ1) is 23.6. The highest BCUT2D eigenvalue weighted by Crippen LogP contribution is 2.22. The van der Waals surface area contributed by atoms with E-state index in [1.807, 2.05) is 11.3 Å². The third kappa shape index (κ3) is 11.3. The molecule has 0 radical (unpaired) electrons. The van der Waals surface area contributed by atoms with Gasteiger partial charge in [-0.25, -0.2) is 0 Å². The molecule has 1 rings (SSSR count). The summed E-state index contributed by atoms with van der Waals surface area (Å²) in [5, 5.41) is 0. The van der Waals surface area contributed by atoms with Gasteiger partial charge in [-0.2, -0.15) is 0 Å². The van der Waals surface area contributed by atoms with Crippen LogP contribution in [0.1, 0.15) is 53.8 Å². The van der Waals surface area contributed by atoms with E-state index in [4.69, 9.17) is 0 Å². The third-order valence-electron chi connectivity index (χ3n) is 4.97. The van der Waals surface area contributed by atoms with Crippen LogP contribution in [0.25, 0.3) is 0 Å². The summed E-state index contributed by atoms with van der Waals surface area (Å²) >= 11 is 1.95. The number of aryl methyl sites for hydroxylation is 3. The van der Waals surface area contributed by atoms with E-state index in [9.17, 15) is 0 Å². The van der Waals surface area contributed by atoms with Crippen molar-refractivity contribution in [2.75, 3.05) is 60.9 Å². The first-order chi connectivity index (χ1) is 12.4. The van der Waals surface area contributed by atoms with E-state index in [1.165, 1.54) is 87.4 Å². The molecule has 1 aromatic heterocycles. The summed E-state index contributed by atoms with van der Waals surface area (Å²) < 4.78 is 0. The van der Waals surface area contributed by atoms with Crippen molar-refractivity contribution in [1.82, 2.24) is 14.7 Å². The van der Waals surface area contributed by atoms with E-state index in [0.29, 0.717) is 0 Å². The van der Waals surface area contributed by atoms with Crippen molar-refractivity contribution in [3.8, 4) is 0 Å². The lowest BCUT2D eigenvalue weighted by atomic mass is 10.1. The minimum absolute atomic E-state index is 1.20. The summed E-state index contributed by atoms with van der Waals surface area (Å²) in [7, 11) is 8.69. The van der Waals surface area contributed by atoms with Gasteiger partial charge in [-0.3, -0.25) is 0 Å². The Labute approximate surface area is 167 Å². The van der Waals surface area contributed by atoms with Crippen LogP contribution in [0, 0.1) is 13.8 Å². The van der Waals surface area contributed by atoms with Crippen LogP contribution < -0.4 is 0 Å². The molecule has 0 aliphatic carbocycles. The number of nitrogens with zero attached hydrogens (tertiary/aromatic N) is 3. The van der Waals surface area contributed by atoms with Crippen LogP contribution in [0.2, 0.25) is 0 Å². The summed E-state index contributed by atoms with van der Waals surface area (Å²) in [6, 6.07) is 2.39. The maximum absolute atomic E-state index is 2.69. The number of hydrogen-bond acceptors (Lipinski definition) is 4. The Morgan fingerprint density at radius 3 is 1.73 bits per heavy atom. The highest BCUT2D eigenvalue weighted by atomic mass is 32.1. The predicted octanol–water partition coefficient (Wildman–Crippen LogP) is 4.67. The van der Waals surface area contributed by atoms with Crippen LogP contribution in [0.4, 0.5) is 0 Å². The number of hydrogen-bond donors (Lipinski definition) is 0. The van der Waals surface area contributed by atoms with Gasteiger partial charge in [0.05, 0.1) is 0 Å². The topological polar surface area (TPSA) is 9.72 Å². The molecule has 0 aliphatic rings. The Kier molecular flexibility index (Phi) is 12.4. The fourth-order valence-electron chi connectivity index (χ4n) is 3.49. The third-order valence-corrected chi connectivity index (χ3v) is 5.98. The lowest BCUT2D eigenvalue weighted by Crippen LogP contribution is -2.31. The standard InChI is InChI=1S/C22H43N3S/c1-20-19-22(21(2)26-20)13-9-7-8-10-16-25(17-11-14-23(3)4)18-12-15-24(5)6/h19H,7-18H2,1-6H3. The van der Waals surface area contributed by atoms with Gasteiger partial charge in [0, 0.05) is 9.75 Å². The molecule has 0 fully saturated rings. The van der Waals surface area contributed by atoms with Crippen molar-refractivity contribution >= 4 is 11.3 Å². The molecule has 0 amide bonds. The van der Waals surface area contributed by atoms with E-state index in [0.717, 1.165) is 0 Å². The molecule has 0 unspecified atom stereocenters. The van der Waals surface area contributed by atoms with Gasteiger partial charge in [-0.1, -0.05) is 12.8 Å². The van der Waals surface area contributed by atoms with E-state index < -0.39 is 0 Å². The van der Waals surface area contributed by atoms with Crippen molar-refractivity contribution in [2.24, 2.45) is 0 Å². The number of thiophene rings is 1. The van der Waals surface area contributed by atoms with Crippen LogP contribution in [0.15, 0.2) is 6.07 Å². The van der Waals surface area contributed by atoms with Crippen molar-refractivity contribution in [3.05, 3.63) is 21.4 Å². The van der Waals surface area contributed by atoms with Crippen LogP contribution in [0.5, 0.6) is 0 Å². The average Bonchev–Trinajstić information content (AvgIpc) is 2.87. The fraction of sp³-hybridized carbons (Fsp3) is 0.818. The second kappa shape index (κ2) is 13.7. The van der Waals surface area contributed by atoms with Gasteiger partial charge in [0.1, 0.15) is 0 Å². The first-order valence-electron chi connectivity index (χ1n) is 10.5. The smallest absolute Gasteiger partial charge is 0.00490 e. The van der Waals surface area contributed by atoms with Crippen molar-refractivity contribution in [2.45, 2.75) is 58.8 Å². The summed E-state index contributed by atoms with van der Waals surface area (Å²) in [6.07, 6.45) is 9.28. The molecule has 0 aliphatic heterocycles. The van der Waals surface area contributed by atoms with Crippen LogP contribution in [-0.2, 0) is 6.42 Å². The van der Waals surface area contributed by atoms with Crippen LogP contribution >= 0.6 is 11.3 Å². The molecule has 0 spiro atoms. The normalized spacial score (nSPS) is 12.0.